The summed E-state index contributed by atoms with van der Waals surface area (Å²) in [5.41, 5.74) is 4.41. The number of rotatable bonds is 5. The Morgan fingerprint density at radius 1 is 1.21 bits per heavy atom. The van der Waals surface area contributed by atoms with Gasteiger partial charge in [-0.15, -0.1) is 0 Å². The third-order valence-electron chi connectivity index (χ3n) is 2.63. The van der Waals surface area contributed by atoms with Gasteiger partial charge >= 0.3 is 5.91 Å². The van der Waals surface area contributed by atoms with Crippen molar-refractivity contribution in [3.05, 3.63) is 60.1 Å². The second-order valence-electron chi connectivity index (χ2n) is 4.09. The Bertz CT molecular complexity index is 545. The predicted molar refractivity (Wildman–Crippen MR) is 74.1 cm³/mol. The first-order valence-electron chi connectivity index (χ1n) is 6.27. The number of nitrogens with one attached hydrogen (secondary N) is 1. The van der Waals surface area contributed by atoms with Crippen molar-refractivity contribution in [3.63, 3.8) is 0 Å². The molecule has 1 N–H and O–H groups in total. The van der Waals surface area contributed by atoms with Crippen molar-refractivity contribution in [1.82, 2.24) is 5.43 Å². The first-order valence-corrected chi connectivity index (χ1v) is 6.27. The van der Waals surface area contributed by atoms with Gasteiger partial charge in [-0.25, -0.2) is 5.43 Å². The number of hydrazone groups is 1. The summed E-state index contributed by atoms with van der Waals surface area (Å²) < 4.78 is 5.01. The molecule has 2 aromatic rings. The van der Waals surface area contributed by atoms with E-state index in [4.69, 9.17) is 4.42 Å². The number of benzene rings is 1. The smallest absolute Gasteiger partial charge is 0.307 e. The summed E-state index contributed by atoms with van der Waals surface area (Å²) in [7, 11) is 0. The highest BCUT2D eigenvalue weighted by Gasteiger charge is 2.08. The van der Waals surface area contributed by atoms with Gasteiger partial charge in [-0.1, -0.05) is 43.7 Å². The van der Waals surface area contributed by atoms with Crippen LogP contribution in [0, 0.1) is 0 Å². The van der Waals surface area contributed by atoms with Gasteiger partial charge in [0.15, 0.2) is 5.76 Å². The lowest BCUT2D eigenvalue weighted by Gasteiger charge is -2.05. The molecule has 1 aromatic heterocycles. The topological polar surface area (TPSA) is 54.6 Å². The summed E-state index contributed by atoms with van der Waals surface area (Å²) in [5, 5.41) is 4.20. The highest BCUT2D eigenvalue weighted by molar-refractivity contribution is 6.01. The molecule has 1 aromatic carbocycles. The van der Waals surface area contributed by atoms with Gasteiger partial charge in [0.2, 0.25) is 0 Å². The minimum absolute atomic E-state index is 0.257. The zero-order chi connectivity index (χ0) is 13.5. The fourth-order valence-electron chi connectivity index (χ4n) is 1.71. The molecule has 19 heavy (non-hydrogen) atoms. The first kappa shape index (κ1) is 13.1. The van der Waals surface area contributed by atoms with Crippen molar-refractivity contribution >= 4 is 11.6 Å². The maximum atomic E-state index is 11.7. The number of amides is 1. The van der Waals surface area contributed by atoms with Gasteiger partial charge in [0, 0.05) is 0 Å². The van der Waals surface area contributed by atoms with Gasteiger partial charge in [0.1, 0.15) is 0 Å². The molecule has 2 rings (SSSR count). The number of carbonyl (C=O) groups excluding carboxylic acids is 1. The average Bonchev–Trinajstić information content (AvgIpc) is 2.98. The van der Waals surface area contributed by atoms with Crippen LogP contribution < -0.4 is 5.43 Å². The van der Waals surface area contributed by atoms with Crippen LogP contribution in [0.1, 0.15) is 35.9 Å². The molecule has 0 unspecified atom stereocenters. The Balaban J connectivity index is 2.11. The van der Waals surface area contributed by atoms with Gasteiger partial charge in [-0.05, 0) is 24.1 Å². The van der Waals surface area contributed by atoms with Crippen LogP contribution in [0.3, 0.4) is 0 Å². The summed E-state index contributed by atoms with van der Waals surface area (Å²) in [6.45, 7) is 2.08. The zero-order valence-corrected chi connectivity index (χ0v) is 10.8. The molecule has 0 radical (unpaired) electrons. The summed E-state index contributed by atoms with van der Waals surface area (Å²) in [6.07, 6.45) is 3.23. The molecule has 0 saturated carbocycles. The van der Waals surface area contributed by atoms with Gasteiger partial charge in [-0.2, -0.15) is 5.10 Å². The Morgan fingerprint density at radius 2 is 2.00 bits per heavy atom. The van der Waals surface area contributed by atoms with Crippen LogP contribution in [-0.4, -0.2) is 11.6 Å². The van der Waals surface area contributed by atoms with E-state index in [1.54, 1.807) is 12.1 Å². The van der Waals surface area contributed by atoms with E-state index in [-0.39, 0.29) is 11.7 Å². The van der Waals surface area contributed by atoms with Crippen molar-refractivity contribution in [2.24, 2.45) is 5.10 Å². The lowest BCUT2D eigenvalue weighted by molar-refractivity contribution is 0.0927. The molecule has 98 valence electrons. The van der Waals surface area contributed by atoms with E-state index >= 15 is 0 Å². The van der Waals surface area contributed by atoms with E-state index in [0.29, 0.717) is 0 Å². The Hall–Kier alpha value is -2.36. The summed E-state index contributed by atoms with van der Waals surface area (Å²) in [6, 6.07) is 13.1. The third kappa shape index (κ3) is 3.55. The van der Waals surface area contributed by atoms with Crippen LogP contribution in [0.25, 0.3) is 0 Å². The van der Waals surface area contributed by atoms with Crippen molar-refractivity contribution in [2.45, 2.75) is 19.8 Å². The Labute approximate surface area is 112 Å². The summed E-state index contributed by atoms with van der Waals surface area (Å²) in [4.78, 5) is 11.7. The van der Waals surface area contributed by atoms with Gasteiger partial charge in [-0.3, -0.25) is 4.79 Å². The van der Waals surface area contributed by atoms with E-state index in [0.717, 1.165) is 24.1 Å². The van der Waals surface area contributed by atoms with Crippen molar-refractivity contribution in [3.8, 4) is 0 Å². The van der Waals surface area contributed by atoms with Crippen LogP contribution in [0.2, 0.25) is 0 Å². The maximum absolute atomic E-state index is 11.7. The predicted octanol–water partition coefficient (Wildman–Crippen LogP) is 3.21. The molecule has 0 bridgehead atoms. The van der Waals surface area contributed by atoms with Crippen LogP contribution in [0.15, 0.2) is 58.2 Å². The molecular formula is C15H16N2O2. The molecule has 0 aliphatic carbocycles. The highest BCUT2D eigenvalue weighted by atomic mass is 16.3. The molecule has 0 aliphatic heterocycles. The number of nitrogens with zero attached hydrogens (tertiary/aromatic N) is 1. The largest absolute Gasteiger partial charge is 0.459 e. The van der Waals surface area contributed by atoms with Gasteiger partial charge in [0.25, 0.3) is 0 Å². The van der Waals surface area contributed by atoms with Crippen LogP contribution in [-0.2, 0) is 0 Å². The second kappa shape index (κ2) is 6.54. The summed E-state index contributed by atoms with van der Waals surface area (Å²) in [5.74, 6) is -0.0813. The van der Waals surface area contributed by atoms with E-state index in [1.807, 2.05) is 30.3 Å². The first-order chi connectivity index (χ1) is 9.31. The average molecular weight is 256 g/mol. The number of furan rings is 1. The summed E-state index contributed by atoms with van der Waals surface area (Å²) >= 11 is 0. The SMILES string of the molecule is CCC/C(=N\NC(=O)c1ccco1)c1ccccc1. The fraction of sp³-hybridized carbons (Fsp3) is 0.200. The molecule has 4 heteroatoms. The van der Waals surface area contributed by atoms with E-state index in [9.17, 15) is 4.79 Å². The lowest BCUT2D eigenvalue weighted by atomic mass is 10.1. The molecule has 0 atom stereocenters. The van der Waals surface area contributed by atoms with Gasteiger partial charge < -0.3 is 4.42 Å². The minimum Gasteiger partial charge on any atom is -0.459 e. The van der Waals surface area contributed by atoms with Gasteiger partial charge in [0.05, 0.1) is 12.0 Å². The Kier molecular flexibility index (Phi) is 4.50. The zero-order valence-electron chi connectivity index (χ0n) is 10.8. The molecule has 4 nitrogen and oxygen atoms in total. The van der Waals surface area contributed by atoms with Crippen molar-refractivity contribution in [2.75, 3.05) is 0 Å². The highest BCUT2D eigenvalue weighted by Crippen LogP contribution is 2.06. The molecule has 1 amide bonds. The molecule has 0 aliphatic rings. The van der Waals surface area contributed by atoms with Crippen LogP contribution in [0.5, 0.6) is 0 Å². The Morgan fingerprint density at radius 3 is 2.63 bits per heavy atom. The lowest BCUT2D eigenvalue weighted by Crippen LogP contribution is -2.19. The standard InChI is InChI=1S/C15H16N2O2/c1-2-7-13(12-8-4-3-5-9-12)16-17-15(18)14-10-6-11-19-14/h3-6,8-11H,2,7H2,1H3,(H,17,18)/b16-13+. The van der Waals surface area contributed by atoms with Crippen LogP contribution >= 0.6 is 0 Å². The van der Waals surface area contributed by atoms with E-state index in [1.165, 1.54) is 6.26 Å². The number of hydrogen-bond donors (Lipinski definition) is 1. The number of carbonyl (C=O) groups is 1. The van der Waals surface area contributed by atoms with Crippen molar-refractivity contribution in [1.29, 1.82) is 0 Å². The third-order valence-corrected chi connectivity index (χ3v) is 2.63. The minimum atomic E-state index is -0.338. The van der Waals surface area contributed by atoms with Crippen LogP contribution in [0.4, 0.5) is 0 Å². The second-order valence-corrected chi connectivity index (χ2v) is 4.09. The van der Waals surface area contributed by atoms with E-state index < -0.39 is 0 Å². The molecule has 0 fully saturated rings. The normalized spacial score (nSPS) is 11.3. The monoisotopic (exact) mass is 256 g/mol. The van der Waals surface area contributed by atoms with E-state index in [2.05, 4.69) is 17.5 Å². The molecule has 1 heterocycles. The van der Waals surface area contributed by atoms with Crippen molar-refractivity contribution < 1.29 is 9.21 Å². The quantitative estimate of drug-likeness (QED) is 0.659. The molecular weight excluding hydrogens is 240 g/mol. The number of hydrogen-bond acceptors (Lipinski definition) is 3. The fourth-order valence-corrected chi connectivity index (χ4v) is 1.71. The molecule has 0 saturated heterocycles. The molecule has 0 spiro atoms. The maximum Gasteiger partial charge on any atom is 0.307 e.